The molecule has 1 fully saturated rings. The summed E-state index contributed by atoms with van der Waals surface area (Å²) < 4.78 is 0. The van der Waals surface area contributed by atoms with Gasteiger partial charge in [-0.1, -0.05) is 24.3 Å². The van der Waals surface area contributed by atoms with E-state index in [1.807, 2.05) is 41.3 Å². The van der Waals surface area contributed by atoms with Crippen LogP contribution in [-0.4, -0.2) is 43.2 Å². The third kappa shape index (κ3) is 3.52. The Morgan fingerprint density at radius 1 is 1.14 bits per heavy atom. The lowest BCUT2D eigenvalue weighted by Crippen LogP contribution is -2.32. The van der Waals surface area contributed by atoms with Crippen molar-refractivity contribution >= 4 is 23.4 Å². The van der Waals surface area contributed by atoms with Gasteiger partial charge in [-0.3, -0.25) is 4.79 Å². The predicted octanol–water partition coefficient (Wildman–Crippen LogP) is 3.16. The van der Waals surface area contributed by atoms with Crippen LogP contribution in [0.2, 0.25) is 0 Å². The minimum absolute atomic E-state index is 0.141. The van der Waals surface area contributed by atoms with E-state index in [1.54, 1.807) is 0 Å². The van der Waals surface area contributed by atoms with Crippen molar-refractivity contribution in [3.63, 3.8) is 0 Å². The molecule has 1 amide bonds. The highest BCUT2D eigenvalue weighted by atomic mass is 16.2. The number of allylic oxidation sites excluding steroid dienone is 1. The zero-order valence-corrected chi connectivity index (χ0v) is 16.0. The van der Waals surface area contributed by atoms with E-state index in [1.165, 1.54) is 23.7 Å². The van der Waals surface area contributed by atoms with Crippen molar-refractivity contribution in [3.05, 3.63) is 71.4 Å². The number of likely N-dealkylation sites (tertiary alicyclic amines) is 1. The minimum atomic E-state index is 0.141. The van der Waals surface area contributed by atoms with Crippen LogP contribution in [0.25, 0.3) is 5.57 Å². The van der Waals surface area contributed by atoms with E-state index in [0.717, 1.165) is 55.7 Å². The predicted molar refractivity (Wildman–Crippen MR) is 114 cm³/mol. The molecular weight excluding hydrogens is 348 g/mol. The van der Waals surface area contributed by atoms with Gasteiger partial charge in [0.15, 0.2) is 0 Å². The number of nitrogens with zero attached hydrogens (tertiary/aromatic N) is 2. The van der Waals surface area contributed by atoms with Gasteiger partial charge in [0.2, 0.25) is 0 Å². The molecule has 4 rings (SSSR count). The molecule has 2 heterocycles. The first-order chi connectivity index (χ1) is 13.7. The maximum absolute atomic E-state index is 12.7. The molecule has 5 nitrogen and oxygen atoms in total. The molecule has 144 valence electrons. The highest BCUT2D eigenvalue weighted by molar-refractivity contribution is 6.08. The molecule has 1 unspecified atom stereocenters. The average Bonchev–Trinajstić information content (AvgIpc) is 3.36. The number of rotatable bonds is 5. The summed E-state index contributed by atoms with van der Waals surface area (Å²) in [6.07, 6.45) is 4.85. The Bertz CT molecular complexity index is 906. The maximum Gasteiger partial charge on any atom is 0.253 e. The van der Waals surface area contributed by atoms with Gasteiger partial charge in [0.05, 0.1) is 0 Å². The van der Waals surface area contributed by atoms with Crippen LogP contribution in [0.15, 0.2) is 54.7 Å². The number of amides is 1. The maximum atomic E-state index is 12.7. The van der Waals surface area contributed by atoms with Gasteiger partial charge >= 0.3 is 0 Å². The number of fused-ring (bicyclic) bond motifs is 1. The second-order valence-electron chi connectivity index (χ2n) is 7.58. The zero-order valence-electron chi connectivity index (χ0n) is 16.0. The molecule has 0 bridgehead atoms. The Balaban J connectivity index is 1.41. The van der Waals surface area contributed by atoms with Crippen LogP contribution >= 0.6 is 0 Å². The lowest BCUT2D eigenvalue weighted by Gasteiger charge is -2.24. The number of nitrogens with two attached hydrogens (primary N) is 1. The molecule has 3 N–H and O–H groups in total. The van der Waals surface area contributed by atoms with Crippen LogP contribution < -0.4 is 10.6 Å². The molecular formula is C23H26N4O. The van der Waals surface area contributed by atoms with Crippen molar-refractivity contribution < 1.29 is 4.79 Å². The topological polar surface area (TPSA) is 73.4 Å². The van der Waals surface area contributed by atoms with Crippen molar-refractivity contribution in [2.45, 2.75) is 12.8 Å². The van der Waals surface area contributed by atoms with Crippen molar-refractivity contribution in [2.24, 2.45) is 11.7 Å². The van der Waals surface area contributed by atoms with Crippen molar-refractivity contribution in [3.8, 4) is 0 Å². The van der Waals surface area contributed by atoms with Crippen molar-refractivity contribution in [1.82, 2.24) is 4.90 Å². The summed E-state index contributed by atoms with van der Waals surface area (Å²) >= 11 is 0. The molecule has 2 aromatic carbocycles. The molecule has 1 saturated heterocycles. The number of anilines is 1. The Morgan fingerprint density at radius 2 is 1.96 bits per heavy atom. The van der Waals surface area contributed by atoms with Gasteiger partial charge in [-0.2, -0.15) is 0 Å². The summed E-state index contributed by atoms with van der Waals surface area (Å²) in [6, 6.07) is 15.9. The van der Waals surface area contributed by atoms with Gasteiger partial charge in [-0.25, -0.2) is 0 Å². The Labute approximate surface area is 166 Å². The highest BCUT2D eigenvalue weighted by Gasteiger charge is 2.30. The zero-order chi connectivity index (χ0) is 19.5. The van der Waals surface area contributed by atoms with E-state index < -0.39 is 0 Å². The summed E-state index contributed by atoms with van der Waals surface area (Å²) in [6.45, 7) is 3.65. The van der Waals surface area contributed by atoms with E-state index in [-0.39, 0.29) is 5.91 Å². The van der Waals surface area contributed by atoms with E-state index in [2.05, 4.69) is 17.0 Å². The fourth-order valence-corrected chi connectivity index (χ4v) is 4.31. The molecule has 28 heavy (non-hydrogen) atoms. The Kier molecular flexibility index (Phi) is 5.15. The number of benzene rings is 2. The van der Waals surface area contributed by atoms with E-state index in [9.17, 15) is 4.79 Å². The van der Waals surface area contributed by atoms with E-state index >= 15 is 0 Å². The molecule has 0 aromatic heterocycles. The van der Waals surface area contributed by atoms with Crippen LogP contribution in [0, 0.1) is 11.3 Å². The Hall–Kier alpha value is -3.08. The SMILES string of the molecule is N=C/C(=C\N)c1ccc2c(c1)CCN2CC1CCN(C(=O)c2ccccc2)C1. The molecule has 0 aliphatic carbocycles. The second kappa shape index (κ2) is 7.89. The van der Waals surface area contributed by atoms with Crippen molar-refractivity contribution in [2.75, 3.05) is 31.1 Å². The lowest BCUT2D eigenvalue weighted by atomic mass is 10.0. The van der Waals surface area contributed by atoms with Crippen LogP contribution in [-0.2, 0) is 6.42 Å². The second-order valence-corrected chi connectivity index (χ2v) is 7.58. The fraction of sp³-hybridized carbons (Fsp3) is 0.304. The fourth-order valence-electron chi connectivity index (χ4n) is 4.31. The smallest absolute Gasteiger partial charge is 0.253 e. The third-order valence-electron chi connectivity index (χ3n) is 5.81. The number of hydrogen-bond donors (Lipinski definition) is 2. The molecule has 0 radical (unpaired) electrons. The van der Waals surface area contributed by atoms with E-state index in [4.69, 9.17) is 11.1 Å². The molecule has 1 atom stereocenters. The largest absolute Gasteiger partial charge is 0.404 e. The highest BCUT2D eigenvalue weighted by Crippen LogP contribution is 2.32. The summed E-state index contributed by atoms with van der Waals surface area (Å²) in [5.41, 5.74) is 10.7. The number of carbonyl (C=O) groups excluding carboxylic acids is 1. The first-order valence-corrected chi connectivity index (χ1v) is 9.84. The average molecular weight is 374 g/mol. The summed E-state index contributed by atoms with van der Waals surface area (Å²) in [4.78, 5) is 17.1. The summed E-state index contributed by atoms with van der Waals surface area (Å²) in [5.74, 6) is 0.640. The molecule has 2 aliphatic heterocycles. The van der Waals surface area contributed by atoms with Crippen LogP contribution in [0.3, 0.4) is 0 Å². The molecule has 0 saturated carbocycles. The van der Waals surface area contributed by atoms with Gasteiger partial charge in [-0.15, -0.1) is 0 Å². The standard InChI is InChI=1S/C23H26N4O/c24-13-21(14-25)19-6-7-22-20(12-19)9-11-26(22)15-17-8-10-27(16-17)23(28)18-4-2-1-3-5-18/h1-7,12-14,17,24H,8-11,15-16,25H2/b21-14+,24-13?. The van der Waals surface area contributed by atoms with Gasteiger partial charge in [0, 0.05) is 55.4 Å². The van der Waals surface area contributed by atoms with Gasteiger partial charge in [-0.05, 0) is 54.2 Å². The van der Waals surface area contributed by atoms with Crippen molar-refractivity contribution in [1.29, 1.82) is 5.41 Å². The quantitative estimate of drug-likeness (QED) is 0.790. The van der Waals surface area contributed by atoms with E-state index in [0.29, 0.717) is 5.92 Å². The first-order valence-electron chi connectivity index (χ1n) is 9.84. The number of hydrogen-bond acceptors (Lipinski definition) is 4. The minimum Gasteiger partial charge on any atom is -0.404 e. The monoisotopic (exact) mass is 374 g/mol. The molecule has 2 aliphatic rings. The van der Waals surface area contributed by atoms with Gasteiger partial charge in [0.1, 0.15) is 0 Å². The molecule has 0 spiro atoms. The summed E-state index contributed by atoms with van der Waals surface area (Å²) in [5, 5.41) is 7.48. The van der Waals surface area contributed by atoms with Crippen LogP contribution in [0.5, 0.6) is 0 Å². The molecule has 5 heteroatoms. The van der Waals surface area contributed by atoms with Gasteiger partial charge < -0.3 is 20.9 Å². The van der Waals surface area contributed by atoms with Gasteiger partial charge in [0.25, 0.3) is 5.91 Å². The molecule has 2 aromatic rings. The first kappa shape index (κ1) is 18.3. The Morgan fingerprint density at radius 3 is 2.71 bits per heavy atom. The number of nitrogens with one attached hydrogen (secondary N) is 1. The normalized spacial score (nSPS) is 19.0. The summed E-state index contributed by atoms with van der Waals surface area (Å²) in [7, 11) is 0. The lowest BCUT2D eigenvalue weighted by molar-refractivity contribution is 0.0787. The van der Waals surface area contributed by atoms with Crippen LogP contribution in [0.1, 0.15) is 27.9 Å². The third-order valence-corrected chi connectivity index (χ3v) is 5.81. The van der Waals surface area contributed by atoms with Crippen LogP contribution in [0.4, 0.5) is 5.69 Å². The number of carbonyl (C=O) groups is 1.